The highest BCUT2D eigenvalue weighted by Crippen LogP contribution is 2.27. The average molecular weight is 1630 g/mol. The number of benzene rings is 13. The summed E-state index contributed by atoms with van der Waals surface area (Å²) in [6.45, 7) is 22.0. The number of hydrogen-bond donors (Lipinski definition) is 6. The van der Waals surface area contributed by atoms with Crippen LogP contribution in [0.25, 0.3) is 75.8 Å². The zero-order chi connectivity index (χ0) is 86.8. The van der Waals surface area contributed by atoms with Crippen LogP contribution in [-0.2, 0) is 29.3 Å². The van der Waals surface area contributed by atoms with Crippen molar-refractivity contribution < 1.29 is 18.9 Å². The van der Waals surface area contributed by atoms with Gasteiger partial charge in [-0.15, -0.1) is 0 Å². The molecule has 122 heavy (non-hydrogen) atoms. The number of aromatic nitrogens is 4. The highest BCUT2D eigenvalue weighted by atomic mass is 35.5. The molecule has 7 heterocycles. The number of rotatable bonds is 2. The molecule has 1 amide bonds. The molecule has 20 rings (SSSR count). The zero-order valence-corrected chi connectivity index (χ0v) is 71.0. The Morgan fingerprint density at radius 1 is 0.434 bits per heavy atom. The minimum Gasteiger partial charge on any atom is -0.389 e. The maximum Gasteiger partial charge on any atom is 0.248 e. The van der Waals surface area contributed by atoms with Gasteiger partial charge in [0.2, 0.25) is 5.91 Å². The number of carbonyl (C=O) groups excluding carboxylic acids is 1. The van der Waals surface area contributed by atoms with Gasteiger partial charge in [-0.3, -0.25) is 15.2 Å². The third-order valence-electron chi connectivity index (χ3n) is 20.2. The van der Waals surface area contributed by atoms with Gasteiger partial charge in [0, 0.05) is 79.5 Å². The predicted molar refractivity (Wildman–Crippen MR) is 503 cm³/mol. The molecular formula is C104H99ClFN13O3. The van der Waals surface area contributed by atoms with Gasteiger partial charge >= 0.3 is 0 Å². The molecule has 0 saturated carbocycles. The van der Waals surface area contributed by atoms with Crippen molar-refractivity contribution in [2.24, 2.45) is 33.2 Å². The van der Waals surface area contributed by atoms with Crippen molar-refractivity contribution in [3.63, 3.8) is 0 Å². The van der Waals surface area contributed by atoms with Gasteiger partial charge in [-0.1, -0.05) is 233 Å². The number of hydrogen-bond acceptors (Lipinski definition) is 14. The molecule has 0 unspecified atom stereocenters. The number of primary amides is 1. The topological polar surface area (TPSA) is 276 Å². The fraction of sp³-hybridized carbons (Fsp3) is 0.144. The summed E-state index contributed by atoms with van der Waals surface area (Å²) in [6.07, 6.45) is 5.99. The number of oxime groups is 2. The number of aryl methyl sites for hydroxylation is 11. The molecule has 17 aromatic rings. The van der Waals surface area contributed by atoms with Crippen LogP contribution in [0.2, 0.25) is 5.02 Å². The molecule has 4 aromatic heterocycles. The van der Waals surface area contributed by atoms with E-state index in [9.17, 15) is 9.18 Å². The van der Waals surface area contributed by atoms with Gasteiger partial charge in [0.25, 0.3) is 0 Å². The van der Waals surface area contributed by atoms with Gasteiger partial charge in [0.1, 0.15) is 30.7 Å². The minimum atomic E-state index is -0.367. The number of nitrogens with one attached hydrogen (secondary N) is 2. The van der Waals surface area contributed by atoms with Crippen LogP contribution >= 0.6 is 11.6 Å². The van der Waals surface area contributed by atoms with E-state index in [2.05, 4.69) is 134 Å². The summed E-state index contributed by atoms with van der Waals surface area (Å²) in [5, 5.41) is 41.4. The first-order valence-electron chi connectivity index (χ1n) is 40.0. The molecule has 0 saturated heterocycles. The van der Waals surface area contributed by atoms with Crippen molar-refractivity contribution in [1.29, 1.82) is 10.7 Å². The molecule has 13 aromatic carbocycles. The van der Waals surface area contributed by atoms with Gasteiger partial charge in [0.15, 0.2) is 17.3 Å². The van der Waals surface area contributed by atoms with E-state index < -0.39 is 0 Å². The summed E-state index contributed by atoms with van der Waals surface area (Å²) >= 11 is 5.86. The molecule has 3 aliphatic heterocycles. The van der Waals surface area contributed by atoms with Crippen molar-refractivity contribution in [1.82, 2.24) is 19.9 Å². The molecule has 0 fully saturated rings. The molecule has 0 aliphatic carbocycles. The first kappa shape index (κ1) is 88.1. The minimum absolute atomic E-state index is 0.131. The average Bonchev–Trinajstić information content (AvgIpc) is 0.811. The van der Waals surface area contributed by atoms with Crippen molar-refractivity contribution in [3.8, 4) is 6.07 Å². The number of carbonyl (C=O) groups is 1. The van der Waals surface area contributed by atoms with E-state index in [1.54, 1.807) is 19.2 Å². The number of fused-ring (bicyclic) bond motifs is 10. The monoisotopic (exact) mass is 1630 g/mol. The summed E-state index contributed by atoms with van der Waals surface area (Å²) in [4.78, 5) is 38.0. The molecule has 3 aliphatic rings. The van der Waals surface area contributed by atoms with Gasteiger partial charge in [0.05, 0.1) is 17.1 Å². The lowest BCUT2D eigenvalue weighted by Crippen LogP contribution is -2.20. The van der Waals surface area contributed by atoms with E-state index in [-0.39, 0.29) is 17.6 Å². The van der Waals surface area contributed by atoms with Crippen LogP contribution in [0.4, 0.5) is 10.2 Å². The molecule has 0 spiro atoms. The Kier molecular flexibility index (Phi) is 30.8. The van der Waals surface area contributed by atoms with Crippen molar-refractivity contribution >= 4 is 117 Å². The van der Waals surface area contributed by atoms with E-state index in [0.29, 0.717) is 36.0 Å². The largest absolute Gasteiger partial charge is 0.389 e. The highest BCUT2D eigenvalue weighted by Gasteiger charge is 2.15. The molecule has 16 nitrogen and oxygen atoms in total. The van der Waals surface area contributed by atoms with E-state index in [1.165, 1.54) is 67.6 Å². The van der Waals surface area contributed by atoms with Gasteiger partial charge in [-0.05, 0) is 260 Å². The highest BCUT2D eigenvalue weighted by molar-refractivity contribution is 6.31. The maximum atomic E-state index is 13.0. The fourth-order valence-corrected chi connectivity index (χ4v) is 13.8. The standard InChI is InChI=1S/C12H12N2.C12H11NO.C12H9N.C11H9Cl.C11H9F.C10H9N.2C9H10N2O.C9H12N2.C9H8N2/c2*1-8-6-9-4-2-3-5-10(9)7-11(8)12(13)14;1-9-6-10-4-2-3-5-11(10)7-12(9)8-13;1-8-2-3-10-7-11(12)5-4-9(10)6-8;1-8-6-9-4-2-3-5-10(9)7-11(8)12;1-8-4-5-9-3-2-6-11-10(9)7-8;1-6-2-3-8-7(4-6)5-12-11-9(8)10;1-6-2-3-7-5-12-11-9(10)8(7)4-6;2*1-7-4-5-8-3-2-6-10-9(8)11-7/h2-7H,1H3,(H3,13,14);2-7H,1H3,(H2,13,14);2-7H,1H3;2*2-7H,1H3;2-7H,1H3;2*2-4H,5H2,1H3,(H2,10,11);4-5H,2-3,6H2,1H3,(H,10,11);2-6H,1H3. The number of halogens is 2. The molecule has 0 radical (unpaired) electrons. The van der Waals surface area contributed by atoms with Gasteiger partial charge in [-0.2, -0.15) is 5.26 Å². The zero-order valence-electron chi connectivity index (χ0n) is 70.2. The lowest BCUT2D eigenvalue weighted by atomic mass is 10.0. The number of anilines is 1. The molecular weight excluding hydrogens is 1530 g/mol. The smallest absolute Gasteiger partial charge is 0.248 e. The number of amides is 1. The number of nitriles is 1. The van der Waals surface area contributed by atoms with Crippen molar-refractivity contribution in [3.05, 3.63) is 409 Å². The van der Waals surface area contributed by atoms with Crippen LogP contribution in [0, 0.1) is 91.8 Å². The Labute approximate surface area is 716 Å². The van der Waals surface area contributed by atoms with Crippen LogP contribution in [0.3, 0.4) is 0 Å². The Bertz CT molecular complexity index is 6470. The van der Waals surface area contributed by atoms with Crippen LogP contribution < -0.4 is 28.3 Å². The van der Waals surface area contributed by atoms with Gasteiger partial charge < -0.3 is 37.9 Å². The second-order valence-electron chi connectivity index (χ2n) is 29.9. The normalized spacial score (nSPS) is 11.6. The number of nitrogens with two attached hydrogens (primary N) is 4. The quantitative estimate of drug-likeness (QED) is 0.0696. The number of nitrogen functional groups attached to an aromatic ring is 1. The summed E-state index contributed by atoms with van der Waals surface area (Å²) in [7, 11) is 0. The Balaban J connectivity index is 0.000000132. The van der Waals surface area contributed by atoms with E-state index in [1.807, 2.05) is 255 Å². The van der Waals surface area contributed by atoms with Crippen molar-refractivity contribution in [2.45, 2.75) is 95.3 Å². The Hall–Kier alpha value is -14.7. The van der Waals surface area contributed by atoms with Crippen LogP contribution in [0.15, 0.2) is 308 Å². The number of nitrogens with zero attached hydrogens (tertiary/aromatic N) is 7. The molecule has 0 bridgehead atoms. The van der Waals surface area contributed by atoms with Crippen LogP contribution in [0.1, 0.15) is 112 Å². The third kappa shape index (κ3) is 24.7. The van der Waals surface area contributed by atoms with E-state index in [0.717, 1.165) is 128 Å². The maximum absolute atomic E-state index is 13.0. The molecule has 18 heteroatoms. The predicted octanol–water partition coefficient (Wildman–Crippen LogP) is 23.3. The van der Waals surface area contributed by atoms with Gasteiger partial charge in [-0.25, -0.2) is 19.3 Å². The summed E-state index contributed by atoms with van der Waals surface area (Å²) in [5.74, 6) is 1.67. The third-order valence-corrected chi connectivity index (χ3v) is 20.4. The lowest BCUT2D eigenvalue weighted by Gasteiger charge is -2.16. The Morgan fingerprint density at radius 2 is 0.885 bits per heavy atom. The second-order valence-corrected chi connectivity index (χ2v) is 30.3. The Morgan fingerprint density at radius 3 is 1.52 bits per heavy atom. The first-order valence-corrected chi connectivity index (χ1v) is 40.4. The summed E-state index contributed by atoms with van der Waals surface area (Å²) in [5.41, 5.74) is 42.5. The second kappa shape index (κ2) is 42.6. The van der Waals surface area contributed by atoms with Crippen LogP contribution in [0.5, 0.6) is 0 Å². The summed E-state index contributed by atoms with van der Waals surface area (Å²) < 4.78 is 13.0. The first-order chi connectivity index (χ1) is 58.8. The van der Waals surface area contributed by atoms with Crippen LogP contribution in [-0.4, -0.2) is 49.9 Å². The molecule has 10 N–H and O–H groups in total. The summed E-state index contributed by atoms with van der Waals surface area (Å²) in [6, 6.07) is 96.3. The fourth-order valence-electron chi connectivity index (χ4n) is 13.6. The lowest BCUT2D eigenvalue weighted by molar-refractivity contribution is 0.0999. The SMILES string of the molecule is Cc1cc2ccccc2cc1C#N.Cc1cc2ccccc2cc1C(=N)N.Cc1cc2ccccc2cc1C(N)=O.Cc1cc2ccccc2cc1F.Cc1ccc2c(c1)C(N)=NOC2.Cc1ccc2c(c1)CON=C2N.Cc1ccc2c(n1)NCCC2.Cc1ccc2cc(Cl)ccc2c1.Cc1ccc2cccnc2c1.Cc1ccc2cccnc2n1. The molecule has 0 atom stereocenters. The van der Waals surface area contributed by atoms with Crippen molar-refractivity contribution in [2.75, 3.05) is 11.9 Å². The number of amidine groups is 3. The van der Waals surface area contributed by atoms with E-state index >= 15 is 0 Å². The number of pyridine rings is 4. The van der Waals surface area contributed by atoms with E-state index in [4.69, 9.17) is 54.9 Å². The molecule has 612 valence electrons.